The number of hydrogen-bond acceptors (Lipinski definition) is 5. The Morgan fingerprint density at radius 1 is 1.14 bits per heavy atom. The van der Waals surface area contributed by atoms with Crippen LogP contribution in [0.1, 0.15) is 25.7 Å². The Balaban J connectivity index is 1.37. The van der Waals surface area contributed by atoms with Gasteiger partial charge in [-0.3, -0.25) is 4.79 Å². The van der Waals surface area contributed by atoms with Crippen LogP contribution in [0.2, 0.25) is 0 Å². The first-order valence-corrected chi connectivity index (χ1v) is 8.03. The van der Waals surface area contributed by atoms with Gasteiger partial charge in [0.05, 0.1) is 19.3 Å². The first-order valence-electron chi connectivity index (χ1n) is 8.03. The van der Waals surface area contributed by atoms with Crippen LogP contribution in [0.5, 0.6) is 0 Å². The molecule has 1 spiro atoms. The summed E-state index contributed by atoms with van der Waals surface area (Å²) in [7, 11) is 2.09. The van der Waals surface area contributed by atoms with E-state index in [2.05, 4.69) is 11.9 Å². The van der Waals surface area contributed by atoms with Gasteiger partial charge in [0.1, 0.15) is 6.61 Å². The Bertz CT molecular complexity index is 353. The van der Waals surface area contributed by atoms with Gasteiger partial charge in [0.15, 0.2) is 5.79 Å². The van der Waals surface area contributed by atoms with Crippen LogP contribution in [-0.2, 0) is 19.0 Å². The quantitative estimate of drug-likeness (QED) is 0.758. The van der Waals surface area contributed by atoms with Gasteiger partial charge in [-0.25, -0.2) is 0 Å². The molecule has 2 aliphatic heterocycles. The predicted octanol–water partition coefficient (Wildman–Crippen LogP) is 0.463. The molecule has 3 aliphatic rings. The van der Waals surface area contributed by atoms with Crippen LogP contribution in [0.4, 0.5) is 0 Å². The summed E-state index contributed by atoms with van der Waals surface area (Å²) in [5, 5.41) is 0. The molecule has 1 amide bonds. The lowest BCUT2D eigenvalue weighted by Gasteiger charge is -2.36. The molecule has 2 saturated heterocycles. The van der Waals surface area contributed by atoms with Gasteiger partial charge >= 0.3 is 0 Å². The number of amides is 1. The van der Waals surface area contributed by atoms with Crippen LogP contribution < -0.4 is 0 Å². The first kappa shape index (κ1) is 15.2. The van der Waals surface area contributed by atoms with Gasteiger partial charge in [0, 0.05) is 39.0 Å². The monoisotopic (exact) mass is 298 g/mol. The number of piperazine rings is 1. The lowest BCUT2D eigenvalue weighted by atomic mass is 9.92. The molecule has 6 nitrogen and oxygen atoms in total. The molecule has 1 aliphatic carbocycles. The van der Waals surface area contributed by atoms with Crippen molar-refractivity contribution in [2.75, 3.05) is 53.0 Å². The number of ether oxygens (including phenoxy) is 3. The maximum absolute atomic E-state index is 12.1. The average Bonchev–Trinajstić information content (AvgIpc) is 2.95. The summed E-state index contributed by atoms with van der Waals surface area (Å²) in [5.74, 6) is -0.224. The van der Waals surface area contributed by atoms with Crippen molar-refractivity contribution in [3.8, 4) is 0 Å². The van der Waals surface area contributed by atoms with E-state index in [1.165, 1.54) is 0 Å². The minimum absolute atomic E-state index is 0.122. The standard InChI is InChI=1S/C15H26N2O4/c1-16-6-8-17(9-7-16)14(18)12-19-13-2-4-15(5-3-13)20-10-11-21-15/h13H,2-12H2,1H3. The SMILES string of the molecule is CN1CCN(C(=O)COC2CCC3(CC2)OCCO3)CC1. The van der Waals surface area contributed by atoms with E-state index in [1.807, 2.05) is 4.90 Å². The highest BCUT2D eigenvalue weighted by Gasteiger charge is 2.40. The van der Waals surface area contributed by atoms with Crippen molar-refractivity contribution in [1.29, 1.82) is 0 Å². The van der Waals surface area contributed by atoms with E-state index in [0.29, 0.717) is 13.2 Å². The highest BCUT2D eigenvalue weighted by Crippen LogP contribution is 2.36. The maximum atomic E-state index is 12.1. The molecule has 0 radical (unpaired) electrons. The van der Waals surface area contributed by atoms with E-state index >= 15 is 0 Å². The van der Waals surface area contributed by atoms with Gasteiger partial charge in [-0.15, -0.1) is 0 Å². The van der Waals surface area contributed by atoms with Crippen molar-refractivity contribution in [1.82, 2.24) is 9.80 Å². The van der Waals surface area contributed by atoms with E-state index in [4.69, 9.17) is 14.2 Å². The van der Waals surface area contributed by atoms with Crippen LogP contribution in [0, 0.1) is 0 Å². The molecular weight excluding hydrogens is 272 g/mol. The fourth-order valence-corrected chi connectivity index (χ4v) is 3.32. The Labute approximate surface area is 126 Å². The average molecular weight is 298 g/mol. The first-order chi connectivity index (χ1) is 10.2. The molecule has 0 unspecified atom stereocenters. The summed E-state index contributed by atoms with van der Waals surface area (Å²) in [5.41, 5.74) is 0. The second kappa shape index (κ2) is 6.60. The van der Waals surface area contributed by atoms with Gasteiger partial charge in [0.25, 0.3) is 0 Å². The minimum Gasteiger partial charge on any atom is -0.368 e. The number of likely N-dealkylation sites (N-methyl/N-ethyl adjacent to an activating group) is 1. The fraction of sp³-hybridized carbons (Fsp3) is 0.933. The zero-order valence-electron chi connectivity index (χ0n) is 12.9. The molecule has 0 bridgehead atoms. The largest absolute Gasteiger partial charge is 0.368 e. The molecule has 0 aromatic heterocycles. The predicted molar refractivity (Wildman–Crippen MR) is 76.9 cm³/mol. The fourth-order valence-electron chi connectivity index (χ4n) is 3.32. The maximum Gasteiger partial charge on any atom is 0.248 e. The molecule has 6 heteroatoms. The van der Waals surface area contributed by atoms with Crippen molar-refractivity contribution in [2.45, 2.75) is 37.6 Å². The third kappa shape index (κ3) is 3.74. The normalized spacial score (nSPS) is 27.4. The molecule has 21 heavy (non-hydrogen) atoms. The van der Waals surface area contributed by atoms with E-state index in [1.54, 1.807) is 0 Å². The van der Waals surface area contributed by atoms with E-state index in [-0.39, 0.29) is 24.4 Å². The Morgan fingerprint density at radius 2 is 1.76 bits per heavy atom. The van der Waals surface area contributed by atoms with Crippen LogP contribution in [0.15, 0.2) is 0 Å². The Kier molecular flexibility index (Phi) is 4.78. The van der Waals surface area contributed by atoms with Crippen LogP contribution in [0.3, 0.4) is 0 Å². The van der Waals surface area contributed by atoms with Gasteiger partial charge in [0.2, 0.25) is 5.91 Å². The summed E-state index contributed by atoms with van der Waals surface area (Å²) in [6.45, 7) is 5.14. The van der Waals surface area contributed by atoms with Crippen molar-refractivity contribution in [3.63, 3.8) is 0 Å². The molecule has 3 rings (SSSR count). The van der Waals surface area contributed by atoms with Crippen molar-refractivity contribution < 1.29 is 19.0 Å². The molecule has 0 N–H and O–H groups in total. The summed E-state index contributed by atoms with van der Waals surface area (Å²) < 4.78 is 17.2. The number of hydrogen-bond donors (Lipinski definition) is 0. The highest BCUT2D eigenvalue weighted by atomic mass is 16.7. The minimum atomic E-state index is -0.346. The molecule has 1 saturated carbocycles. The van der Waals surface area contributed by atoms with Crippen LogP contribution in [0.25, 0.3) is 0 Å². The molecule has 0 aromatic rings. The molecule has 2 heterocycles. The Morgan fingerprint density at radius 3 is 2.38 bits per heavy atom. The van der Waals surface area contributed by atoms with Crippen molar-refractivity contribution in [2.24, 2.45) is 0 Å². The highest BCUT2D eigenvalue weighted by molar-refractivity contribution is 5.77. The van der Waals surface area contributed by atoms with Gasteiger partial charge < -0.3 is 24.0 Å². The van der Waals surface area contributed by atoms with Gasteiger partial charge in [-0.05, 0) is 19.9 Å². The van der Waals surface area contributed by atoms with Gasteiger partial charge in [-0.1, -0.05) is 0 Å². The molecule has 3 fully saturated rings. The second-order valence-electron chi connectivity index (χ2n) is 6.30. The van der Waals surface area contributed by atoms with Gasteiger partial charge in [-0.2, -0.15) is 0 Å². The zero-order chi connectivity index (χ0) is 14.7. The smallest absolute Gasteiger partial charge is 0.248 e. The number of carbonyl (C=O) groups excluding carboxylic acids is 1. The Hall–Kier alpha value is -0.690. The van der Waals surface area contributed by atoms with E-state index in [9.17, 15) is 4.79 Å². The summed E-state index contributed by atoms with van der Waals surface area (Å²) >= 11 is 0. The van der Waals surface area contributed by atoms with E-state index in [0.717, 1.165) is 51.9 Å². The summed E-state index contributed by atoms with van der Waals surface area (Å²) in [6, 6.07) is 0. The zero-order valence-corrected chi connectivity index (χ0v) is 12.9. The molecular formula is C15H26N2O4. The van der Waals surface area contributed by atoms with Crippen molar-refractivity contribution >= 4 is 5.91 Å². The second-order valence-corrected chi connectivity index (χ2v) is 6.30. The number of rotatable bonds is 3. The lowest BCUT2D eigenvalue weighted by Crippen LogP contribution is -2.48. The third-order valence-electron chi connectivity index (χ3n) is 4.81. The van der Waals surface area contributed by atoms with Crippen LogP contribution in [-0.4, -0.2) is 80.6 Å². The molecule has 120 valence electrons. The lowest BCUT2D eigenvalue weighted by molar-refractivity contribution is -0.192. The third-order valence-corrected chi connectivity index (χ3v) is 4.81. The molecule has 0 aromatic carbocycles. The van der Waals surface area contributed by atoms with E-state index < -0.39 is 0 Å². The number of nitrogens with zero attached hydrogens (tertiary/aromatic N) is 2. The number of carbonyl (C=O) groups is 1. The summed E-state index contributed by atoms with van der Waals surface area (Å²) in [6.07, 6.45) is 3.74. The van der Waals surface area contributed by atoms with Crippen molar-refractivity contribution in [3.05, 3.63) is 0 Å². The topological polar surface area (TPSA) is 51.2 Å². The summed E-state index contributed by atoms with van der Waals surface area (Å²) in [4.78, 5) is 16.3. The molecule has 0 atom stereocenters. The van der Waals surface area contributed by atoms with Crippen LogP contribution >= 0.6 is 0 Å².